The summed E-state index contributed by atoms with van der Waals surface area (Å²) in [5.41, 5.74) is 1.80. The Hall–Kier alpha value is -2.42. The monoisotopic (exact) mass is 357 g/mol. The number of benzene rings is 1. The third kappa shape index (κ3) is 5.28. The van der Waals surface area contributed by atoms with Gasteiger partial charge < -0.3 is 10.0 Å². The molecule has 1 aromatic carbocycles. The molecule has 5 nitrogen and oxygen atoms in total. The number of aliphatic hydroxyl groups excluding tert-OH is 1. The van der Waals surface area contributed by atoms with E-state index in [0.29, 0.717) is 22.7 Å². The van der Waals surface area contributed by atoms with Crippen LogP contribution >= 0.6 is 11.6 Å². The average molecular weight is 358 g/mol. The van der Waals surface area contributed by atoms with Crippen molar-refractivity contribution in [2.75, 3.05) is 13.1 Å². The van der Waals surface area contributed by atoms with Crippen LogP contribution in [-0.4, -0.2) is 34.0 Å². The third-order valence-corrected chi connectivity index (χ3v) is 4.13. The smallest absolute Gasteiger partial charge is 0.227 e. The van der Waals surface area contributed by atoms with Crippen LogP contribution in [0, 0.1) is 11.3 Å². The molecular weight excluding hydrogens is 338 g/mol. The number of carbonyl (C=O) groups is 1. The van der Waals surface area contributed by atoms with Crippen molar-refractivity contribution in [1.29, 1.82) is 5.26 Å². The van der Waals surface area contributed by atoms with Crippen LogP contribution in [0.2, 0.25) is 5.02 Å². The molecule has 130 valence electrons. The van der Waals surface area contributed by atoms with E-state index >= 15 is 0 Å². The molecule has 0 fully saturated rings. The van der Waals surface area contributed by atoms with E-state index in [1.807, 2.05) is 13.0 Å². The van der Waals surface area contributed by atoms with Crippen LogP contribution < -0.4 is 0 Å². The van der Waals surface area contributed by atoms with Crippen molar-refractivity contribution in [3.8, 4) is 6.07 Å². The Kier molecular flexibility index (Phi) is 6.93. The van der Waals surface area contributed by atoms with Gasteiger partial charge in [-0.05, 0) is 30.2 Å². The minimum Gasteiger partial charge on any atom is -0.386 e. The molecular formula is C19H20ClN3O2. The van der Waals surface area contributed by atoms with Crippen LogP contribution in [0.15, 0.2) is 42.7 Å². The van der Waals surface area contributed by atoms with E-state index in [9.17, 15) is 9.90 Å². The van der Waals surface area contributed by atoms with Gasteiger partial charge in [0.1, 0.15) is 6.07 Å². The summed E-state index contributed by atoms with van der Waals surface area (Å²) in [5.74, 6) is -0.0921. The molecule has 1 atom stereocenters. The molecule has 25 heavy (non-hydrogen) atoms. The molecule has 2 rings (SSSR count). The molecule has 6 heteroatoms. The van der Waals surface area contributed by atoms with Gasteiger partial charge in [-0.15, -0.1) is 0 Å². The first kappa shape index (κ1) is 18.9. The van der Waals surface area contributed by atoms with Gasteiger partial charge in [-0.3, -0.25) is 9.78 Å². The second kappa shape index (κ2) is 9.16. The maximum Gasteiger partial charge on any atom is 0.227 e. The number of aromatic nitrogens is 1. The molecule has 0 aliphatic heterocycles. The number of amides is 1. The summed E-state index contributed by atoms with van der Waals surface area (Å²) in [6.45, 7) is 2.75. The van der Waals surface area contributed by atoms with E-state index in [4.69, 9.17) is 16.9 Å². The molecule has 1 N–H and O–H groups in total. The molecule has 1 amide bonds. The zero-order chi connectivity index (χ0) is 18.2. The van der Waals surface area contributed by atoms with Gasteiger partial charge in [0.25, 0.3) is 0 Å². The van der Waals surface area contributed by atoms with Crippen molar-refractivity contribution < 1.29 is 9.90 Å². The normalized spacial score (nSPS) is 11.6. The van der Waals surface area contributed by atoms with Crippen LogP contribution in [0.1, 0.15) is 36.1 Å². The first-order chi connectivity index (χ1) is 12.0. The fraction of sp³-hybridized carbons (Fsp3) is 0.316. The third-order valence-electron chi connectivity index (χ3n) is 3.82. The Balaban J connectivity index is 2.07. The first-order valence-corrected chi connectivity index (χ1v) is 8.47. The molecule has 1 heterocycles. The van der Waals surface area contributed by atoms with Crippen molar-refractivity contribution in [1.82, 2.24) is 9.88 Å². The van der Waals surface area contributed by atoms with Crippen molar-refractivity contribution in [2.45, 2.75) is 25.9 Å². The molecule has 2 aromatic rings. The molecule has 0 aliphatic carbocycles. The van der Waals surface area contributed by atoms with Gasteiger partial charge in [0, 0.05) is 24.5 Å². The van der Waals surface area contributed by atoms with E-state index < -0.39 is 6.10 Å². The lowest BCUT2D eigenvalue weighted by Gasteiger charge is -2.25. The quantitative estimate of drug-likeness (QED) is 0.825. The maximum absolute atomic E-state index is 12.6. The molecule has 0 bridgehead atoms. The topological polar surface area (TPSA) is 77.2 Å². The van der Waals surface area contributed by atoms with E-state index in [1.165, 1.54) is 0 Å². The van der Waals surface area contributed by atoms with Gasteiger partial charge in [0.05, 0.1) is 29.7 Å². The summed E-state index contributed by atoms with van der Waals surface area (Å²) in [6.07, 6.45) is 3.42. The largest absolute Gasteiger partial charge is 0.386 e. The minimum absolute atomic E-state index is 0.0921. The fourth-order valence-electron chi connectivity index (χ4n) is 2.52. The SMILES string of the molecule is CCCN(CC(O)c1cccnc1)C(=O)Cc1ccc(C#N)c(Cl)c1. The fourth-order valence-corrected chi connectivity index (χ4v) is 2.77. The van der Waals surface area contributed by atoms with Gasteiger partial charge >= 0.3 is 0 Å². The van der Waals surface area contributed by atoms with Crippen molar-refractivity contribution in [3.05, 3.63) is 64.4 Å². The molecule has 1 aromatic heterocycles. The molecule has 0 saturated heterocycles. The minimum atomic E-state index is -0.784. The zero-order valence-corrected chi connectivity index (χ0v) is 14.8. The lowest BCUT2D eigenvalue weighted by atomic mass is 10.1. The van der Waals surface area contributed by atoms with Crippen molar-refractivity contribution in [3.63, 3.8) is 0 Å². The summed E-state index contributed by atoms with van der Waals surface area (Å²) in [4.78, 5) is 18.3. The second-order valence-corrected chi connectivity index (χ2v) is 6.15. The highest BCUT2D eigenvalue weighted by atomic mass is 35.5. The van der Waals surface area contributed by atoms with E-state index in [2.05, 4.69) is 4.98 Å². The van der Waals surface area contributed by atoms with Crippen molar-refractivity contribution >= 4 is 17.5 Å². The summed E-state index contributed by atoms with van der Waals surface area (Å²) < 4.78 is 0. The zero-order valence-electron chi connectivity index (χ0n) is 14.0. The van der Waals surface area contributed by atoms with Gasteiger partial charge in [0.2, 0.25) is 5.91 Å². The highest BCUT2D eigenvalue weighted by Gasteiger charge is 2.19. The molecule has 1 unspecified atom stereocenters. The Morgan fingerprint density at radius 3 is 2.84 bits per heavy atom. The molecule has 0 radical (unpaired) electrons. The maximum atomic E-state index is 12.6. The van der Waals surface area contributed by atoms with Gasteiger partial charge in [-0.1, -0.05) is 30.7 Å². The number of hydrogen-bond donors (Lipinski definition) is 1. The van der Waals surface area contributed by atoms with E-state index in [1.54, 1.807) is 47.6 Å². The van der Waals surface area contributed by atoms with E-state index in [0.717, 1.165) is 12.0 Å². The Bertz CT molecular complexity index is 759. The highest BCUT2D eigenvalue weighted by Crippen LogP contribution is 2.19. The number of nitrogens with zero attached hydrogens (tertiary/aromatic N) is 3. The predicted molar refractivity (Wildman–Crippen MR) is 95.9 cm³/mol. The Morgan fingerprint density at radius 2 is 2.24 bits per heavy atom. The van der Waals surface area contributed by atoms with Crippen LogP contribution in [-0.2, 0) is 11.2 Å². The molecule has 0 aliphatic rings. The van der Waals surface area contributed by atoms with Gasteiger partial charge in [-0.25, -0.2) is 0 Å². The average Bonchev–Trinajstić information content (AvgIpc) is 2.62. The molecule has 0 saturated carbocycles. The van der Waals surface area contributed by atoms with Gasteiger partial charge in [-0.2, -0.15) is 5.26 Å². The number of halogens is 1. The summed E-state index contributed by atoms with van der Waals surface area (Å²) in [6, 6.07) is 10.5. The predicted octanol–water partition coefficient (Wildman–Crippen LogP) is 3.12. The number of aliphatic hydroxyl groups is 1. The number of hydrogen-bond acceptors (Lipinski definition) is 4. The van der Waals surface area contributed by atoms with Crippen molar-refractivity contribution in [2.24, 2.45) is 0 Å². The first-order valence-electron chi connectivity index (χ1n) is 8.09. The number of pyridine rings is 1. The number of nitriles is 1. The lowest BCUT2D eigenvalue weighted by Crippen LogP contribution is -2.36. The molecule has 0 spiro atoms. The summed E-state index contributed by atoms with van der Waals surface area (Å²) in [5, 5.41) is 19.6. The summed E-state index contributed by atoms with van der Waals surface area (Å²) in [7, 11) is 0. The van der Waals surface area contributed by atoms with Crippen LogP contribution in [0.5, 0.6) is 0 Å². The van der Waals surface area contributed by atoms with E-state index in [-0.39, 0.29) is 18.9 Å². The second-order valence-electron chi connectivity index (χ2n) is 5.74. The standard InChI is InChI=1S/C19H20ClN3O2/c1-2-8-23(13-18(24)16-4-3-7-22-12-16)19(25)10-14-5-6-15(11-21)17(20)9-14/h3-7,9,12,18,24H,2,8,10,13H2,1H3. The highest BCUT2D eigenvalue weighted by molar-refractivity contribution is 6.31. The van der Waals surface area contributed by atoms with Crippen LogP contribution in [0.3, 0.4) is 0 Å². The van der Waals surface area contributed by atoms with Crippen LogP contribution in [0.4, 0.5) is 0 Å². The van der Waals surface area contributed by atoms with Crippen LogP contribution in [0.25, 0.3) is 0 Å². The number of rotatable bonds is 7. The lowest BCUT2D eigenvalue weighted by molar-refractivity contribution is -0.132. The number of carbonyl (C=O) groups excluding carboxylic acids is 1. The van der Waals surface area contributed by atoms with Gasteiger partial charge in [0.15, 0.2) is 0 Å². The Labute approximate surface area is 152 Å². The summed E-state index contributed by atoms with van der Waals surface area (Å²) >= 11 is 6.02. The Morgan fingerprint density at radius 1 is 1.44 bits per heavy atom.